The molecule has 1 unspecified atom stereocenters. The number of amidine groups is 1. The first-order valence-electron chi connectivity index (χ1n) is 20.6. The van der Waals surface area contributed by atoms with Gasteiger partial charge < -0.3 is 14.5 Å². The number of hydrogen-bond donors (Lipinski definition) is 1. The number of nitrogens with one attached hydrogen (secondary N) is 1. The summed E-state index contributed by atoms with van der Waals surface area (Å²) >= 11 is 0. The van der Waals surface area contributed by atoms with Gasteiger partial charge in [0, 0.05) is 38.5 Å². The fourth-order valence-corrected chi connectivity index (χ4v) is 9.26. The second-order valence-corrected chi connectivity index (χ2v) is 15.7. The zero-order valence-electron chi connectivity index (χ0n) is 32.7. The van der Waals surface area contributed by atoms with Gasteiger partial charge in [-0.15, -0.1) is 0 Å². The van der Waals surface area contributed by atoms with Crippen LogP contribution in [0.3, 0.4) is 0 Å². The summed E-state index contributed by atoms with van der Waals surface area (Å²) < 4.78 is 4.88. The summed E-state index contributed by atoms with van der Waals surface area (Å²) in [4.78, 5) is 5.22. The minimum absolute atomic E-state index is 0.0122. The molecule has 0 radical (unpaired) electrons. The van der Waals surface area contributed by atoms with Crippen molar-refractivity contribution in [1.29, 1.82) is 0 Å². The second kappa shape index (κ2) is 13.9. The number of rotatable bonds is 6. The smallest absolute Gasteiger partial charge is 0.134 e. The van der Waals surface area contributed by atoms with Gasteiger partial charge in [0.25, 0.3) is 0 Å². The summed E-state index contributed by atoms with van der Waals surface area (Å²) in [6.45, 7) is 0. The molecule has 11 aromatic rings. The molecule has 60 heavy (non-hydrogen) atoms. The maximum atomic E-state index is 5.22. The maximum Gasteiger partial charge on any atom is 0.134 e. The van der Waals surface area contributed by atoms with Crippen LogP contribution < -0.4 is 5.32 Å². The molecule has 2 aromatic heterocycles. The van der Waals surface area contributed by atoms with Crippen molar-refractivity contribution in [1.82, 2.24) is 14.5 Å². The van der Waals surface area contributed by atoms with Crippen LogP contribution in [0.25, 0.3) is 82.6 Å². The minimum Gasteiger partial charge on any atom is -0.359 e. The molecule has 4 heteroatoms. The van der Waals surface area contributed by atoms with Crippen molar-refractivity contribution in [3.8, 4) is 22.5 Å². The van der Waals surface area contributed by atoms with E-state index in [0.29, 0.717) is 0 Å². The number of para-hydroxylation sites is 2. The largest absolute Gasteiger partial charge is 0.359 e. The van der Waals surface area contributed by atoms with Gasteiger partial charge in [0.15, 0.2) is 0 Å². The minimum atomic E-state index is -0.0122. The monoisotopic (exact) mass is 766 g/mol. The molecule has 0 spiro atoms. The van der Waals surface area contributed by atoms with Gasteiger partial charge in [-0.1, -0.05) is 158 Å². The van der Waals surface area contributed by atoms with E-state index in [2.05, 4.69) is 233 Å². The molecule has 4 nitrogen and oxygen atoms in total. The standard InChI is InChI=1S/C56H38N4/c1-4-15-37(16-5-1)41-21-14-22-44(32-41)59-52-25-12-10-23-46(52)48-34-49-47-24-11-13-26-53(47)60(55(49)36-54(48)59)45-30-29-38-27-28-42(31-43(38)33-45)56-57-50(39-17-6-2-7-18-39)35-51(58-56)40-19-8-3-9-20-40/h1-36,50H,(H,57,58). The Balaban J connectivity index is 1.03. The van der Waals surface area contributed by atoms with Crippen LogP contribution in [-0.4, -0.2) is 15.0 Å². The van der Waals surface area contributed by atoms with Crippen LogP contribution in [0.4, 0.5) is 0 Å². The maximum absolute atomic E-state index is 5.22. The van der Waals surface area contributed by atoms with E-state index in [1.165, 1.54) is 65.7 Å². The Labute approximate surface area is 347 Å². The number of nitrogens with zero attached hydrogens (tertiary/aromatic N) is 3. The van der Waals surface area contributed by atoms with Crippen LogP contribution in [0.1, 0.15) is 22.7 Å². The Morgan fingerprint density at radius 2 is 0.950 bits per heavy atom. The average molecular weight is 767 g/mol. The molecular weight excluding hydrogens is 729 g/mol. The topological polar surface area (TPSA) is 34.2 Å². The van der Waals surface area contributed by atoms with Gasteiger partial charge in [0.1, 0.15) is 5.84 Å². The summed E-state index contributed by atoms with van der Waals surface area (Å²) in [7, 11) is 0. The van der Waals surface area contributed by atoms with Crippen molar-refractivity contribution in [2.45, 2.75) is 6.04 Å². The van der Waals surface area contributed by atoms with Crippen LogP contribution in [0, 0.1) is 0 Å². The summed E-state index contributed by atoms with van der Waals surface area (Å²) in [5.41, 5.74) is 13.7. The van der Waals surface area contributed by atoms with E-state index in [4.69, 9.17) is 4.99 Å². The quantitative estimate of drug-likeness (QED) is 0.180. The molecule has 0 aliphatic carbocycles. The molecule has 12 rings (SSSR count). The van der Waals surface area contributed by atoms with Gasteiger partial charge in [0.05, 0.1) is 33.8 Å². The molecule has 0 bridgehead atoms. The highest BCUT2D eigenvalue weighted by molar-refractivity contribution is 6.19. The first-order chi connectivity index (χ1) is 29.7. The number of aromatic nitrogens is 2. The third kappa shape index (κ3) is 5.65. The molecule has 0 saturated heterocycles. The molecule has 0 fully saturated rings. The van der Waals surface area contributed by atoms with Crippen molar-refractivity contribution in [3.05, 3.63) is 235 Å². The molecule has 1 aliphatic rings. The van der Waals surface area contributed by atoms with Gasteiger partial charge in [0.2, 0.25) is 0 Å². The summed E-state index contributed by atoms with van der Waals surface area (Å²) in [5, 5.41) is 11.1. The second-order valence-electron chi connectivity index (χ2n) is 15.7. The van der Waals surface area contributed by atoms with E-state index < -0.39 is 0 Å². The Morgan fingerprint density at radius 3 is 1.65 bits per heavy atom. The summed E-state index contributed by atoms with van der Waals surface area (Å²) in [6.07, 6.45) is 2.23. The highest BCUT2D eigenvalue weighted by Gasteiger charge is 2.21. The van der Waals surface area contributed by atoms with Crippen molar-refractivity contribution < 1.29 is 0 Å². The molecule has 1 N–H and O–H groups in total. The molecule has 0 amide bonds. The van der Waals surface area contributed by atoms with Gasteiger partial charge >= 0.3 is 0 Å². The fraction of sp³-hybridized carbons (Fsp3) is 0.0179. The summed E-state index contributed by atoms with van der Waals surface area (Å²) in [6, 6.07) is 76.6. The lowest BCUT2D eigenvalue weighted by Crippen LogP contribution is -2.31. The number of aliphatic imine (C=N–C) groups is 1. The molecular formula is C56H38N4. The van der Waals surface area contributed by atoms with Crippen LogP contribution in [-0.2, 0) is 0 Å². The zero-order valence-corrected chi connectivity index (χ0v) is 32.7. The number of fused-ring (bicyclic) bond motifs is 7. The molecule has 1 aliphatic heterocycles. The lowest BCUT2D eigenvalue weighted by Gasteiger charge is -2.24. The van der Waals surface area contributed by atoms with E-state index in [1.54, 1.807) is 0 Å². The Bertz CT molecular complexity index is 3500. The van der Waals surface area contributed by atoms with Crippen molar-refractivity contribution in [3.63, 3.8) is 0 Å². The van der Waals surface area contributed by atoms with E-state index in [-0.39, 0.29) is 6.04 Å². The van der Waals surface area contributed by atoms with Crippen molar-refractivity contribution >= 4 is 65.9 Å². The van der Waals surface area contributed by atoms with Gasteiger partial charge in [-0.2, -0.15) is 0 Å². The van der Waals surface area contributed by atoms with Gasteiger partial charge in [-0.05, 0) is 93.7 Å². The SMILES string of the molecule is C1=C(c2ccccc2)N=C(c2ccc3ccc(-n4c5ccccc5c5cc6c7ccccc7n(-c7cccc(-c8ccccc8)c7)c6cc54)cc3c2)NC1c1ccccc1. The van der Waals surface area contributed by atoms with Crippen LogP contribution in [0.2, 0.25) is 0 Å². The van der Waals surface area contributed by atoms with E-state index >= 15 is 0 Å². The zero-order chi connectivity index (χ0) is 39.6. The van der Waals surface area contributed by atoms with Crippen molar-refractivity contribution in [2.24, 2.45) is 4.99 Å². The molecule has 9 aromatic carbocycles. The molecule has 1 atom stereocenters. The lowest BCUT2D eigenvalue weighted by atomic mass is 9.99. The van der Waals surface area contributed by atoms with Crippen LogP contribution >= 0.6 is 0 Å². The Morgan fingerprint density at radius 1 is 0.367 bits per heavy atom. The first kappa shape index (κ1) is 34.1. The van der Waals surface area contributed by atoms with E-state index in [1.807, 2.05) is 0 Å². The Hall–Kier alpha value is -7.95. The third-order valence-electron chi connectivity index (χ3n) is 12.1. The van der Waals surface area contributed by atoms with Gasteiger partial charge in [-0.3, -0.25) is 0 Å². The Kier molecular flexibility index (Phi) is 7.88. The average Bonchev–Trinajstić information content (AvgIpc) is 3.83. The molecule has 282 valence electrons. The lowest BCUT2D eigenvalue weighted by molar-refractivity contribution is 0.781. The van der Waals surface area contributed by atoms with Crippen LogP contribution in [0.5, 0.6) is 0 Å². The van der Waals surface area contributed by atoms with E-state index in [9.17, 15) is 0 Å². The van der Waals surface area contributed by atoms with E-state index in [0.717, 1.165) is 39.4 Å². The summed E-state index contributed by atoms with van der Waals surface area (Å²) in [5.74, 6) is 0.862. The first-order valence-corrected chi connectivity index (χ1v) is 20.6. The molecule has 0 saturated carbocycles. The van der Waals surface area contributed by atoms with Crippen LogP contribution in [0.15, 0.2) is 223 Å². The van der Waals surface area contributed by atoms with Gasteiger partial charge in [-0.25, -0.2) is 4.99 Å². The predicted molar refractivity (Wildman–Crippen MR) is 251 cm³/mol. The predicted octanol–water partition coefficient (Wildman–Crippen LogP) is 13.8. The normalized spacial score (nSPS) is 14.2. The number of benzene rings is 9. The third-order valence-corrected chi connectivity index (χ3v) is 12.1. The molecule has 3 heterocycles. The number of hydrogen-bond acceptors (Lipinski definition) is 2. The van der Waals surface area contributed by atoms with Crippen molar-refractivity contribution in [2.75, 3.05) is 0 Å². The highest BCUT2D eigenvalue weighted by Crippen LogP contribution is 2.40. The fourth-order valence-electron chi connectivity index (χ4n) is 9.26. The highest BCUT2D eigenvalue weighted by atomic mass is 15.1.